The highest BCUT2D eigenvalue weighted by molar-refractivity contribution is 5.83. The highest BCUT2D eigenvalue weighted by atomic mass is 16.1. The molecule has 0 fully saturated rings. The Morgan fingerprint density at radius 1 is 1.39 bits per heavy atom. The fraction of sp³-hybridized carbons (Fsp3) is 0.294. The fourth-order valence-electron chi connectivity index (χ4n) is 3.31. The van der Waals surface area contributed by atoms with Crippen LogP contribution in [0.2, 0.25) is 0 Å². The molecular weight excluding hydrogens is 290 g/mol. The minimum Gasteiger partial charge on any atom is -0.369 e. The molecule has 0 saturated heterocycles. The zero-order valence-corrected chi connectivity index (χ0v) is 13.0. The summed E-state index contributed by atoms with van der Waals surface area (Å²) in [5.74, 6) is 0.203. The van der Waals surface area contributed by atoms with E-state index in [1.54, 1.807) is 0 Å². The lowest BCUT2D eigenvalue weighted by atomic mass is 10.1. The molecule has 0 spiro atoms. The third kappa shape index (κ3) is 2.51. The molecule has 0 saturated carbocycles. The molecule has 118 valence electrons. The number of aromatic amines is 2. The van der Waals surface area contributed by atoms with Gasteiger partial charge in [0.15, 0.2) is 0 Å². The molecular formula is C17H19N5O. The SMILES string of the molecule is Cc1ccc2c(CN3CCc4nc(N)[nH]c(=O)c4C3)c[nH]c2c1. The molecule has 0 bridgehead atoms. The van der Waals surface area contributed by atoms with E-state index in [0.29, 0.717) is 6.54 Å². The zero-order chi connectivity index (χ0) is 16.0. The summed E-state index contributed by atoms with van der Waals surface area (Å²) in [7, 11) is 0. The van der Waals surface area contributed by atoms with Gasteiger partial charge in [0.2, 0.25) is 5.95 Å². The van der Waals surface area contributed by atoms with E-state index in [9.17, 15) is 4.79 Å². The standard InChI is InChI=1S/C17H19N5O/c1-10-2-3-12-11(7-19-15(12)6-10)8-22-5-4-14-13(9-22)16(23)21-17(18)20-14/h2-3,6-7,19H,4-5,8-9H2,1H3,(H3,18,20,21,23). The van der Waals surface area contributed by atoms with Crippen molar-refractivity contribution in [2.45, 2.75) is 26.4 Å². The van der Waals surface area contributed by atoms with E-state index in [1.807, 2.05) is 0 Å². The van der Waals surface area contributed by atoms with Crippen LogP contribution >= 0.6 is 0 Å². The van der Waals surface area contributed by atoms with Gasteiger partial charge in [-0.3, -0.25) is 14.7 Å². The van der Waals surface area contributed by atoms with Gasteiger partial charge in [-0.2, -0.15) is 0 Å². The molecule has 23 heavy (non-hydrogen) atoms. The second kappa shape index (κ2) is 5.24. The summed E-state index contributed by atoms with van der Waals surface area (Å²) in [6.45, 7) is 4.39. The van der Waals surface area contributed by atoms with Crippen LogP contribution in [0.5, 0.6) is 0 Å². The summed E-state index contributed by atoms with van der Waals surface area (Å²) < 4.78 is 0. The van der Waals surface area contributed by atoms with E-state index in [-0.39, 0.29) is 11.5 Å². The number of rotatable bonds is 2. The first-order chi connectivity index (χ1) is 11.1. The molecule has 4 N–H and O–H groups in total. The predicted octanol–water partition coefficient (Wildman–Crippen LogP) is 1.70. The van der Waals surface area contributed by atoms with Gasteiger partial charge in [0.1, 0.15) is 0 Å². The van der Waals surface area contributed by atoms with Crippen LogP contribution in [0.15, 0.2) is 29.2 Å². The molecule has 0 aliphatic carbocycles. The molecule has 1 aliphatic rings. The monoisotopic (exact) mass is 309 g/mol. The van der Waals surface area contributed by atoms with Crippen molar-refractivity contribution in [1.29, 1.82) is 0 Å². The van der Waals surface area contributed by atoms with Crippen molar-refractivity contribution in [2.24, 2.45) is 0 Å². The van der Waals surface area contributed by atoms with Crippen LogP contribution in [0.1, 0.15) is 22.4 Å². The molecule has 0 amide bonds. The van der Waals surface area contributed by atoms with Crippen molar-refractivity contribution < 1.29 is 0 Å². The molecule has 3 aromatic rings. The minimum atomic E-state index is -0.119. The number of nitrogens with one attached hydrogen (secondary N) is 2. The van der Waals surface area contributed by atoms with Crippen LogP contribution in [-0.4, -0.2) is 26.4 Å². The summed E-state index contributed by atoms with van der Waals surface area (Å²) in [6, 6.07) is 6.44. The molecule has 1 aromatic carbocycles. The van der Waals surface area contributed by atoms with E-state index < -0.39 is 0 Å². The van der Waals surface area contributed by atoms with Crippen LogP contribution in [0.4, 0.5) is 5.95 Å². The van der Waals surface area contributed by atoms with Gasteiger partial charge in [0.05, 0.1) is 11.3 Å². The largest absolute Gasteiger partial charge is 0.369 e. The number of nitrogens with zero attached hydrogens (tertiary/aromatic N) is 2. The molecule has 6 nitrogen and oxygen atoms in total. The van der Waals surface area contributed by atoms with Crippen LogP contribution in [0.25, 0.3) is 10.9 Å². The van der Waals surface area contributed by atoms with E-state index in [4.69, 9.17) is 5.73 Å². The first kappa shape index (κ1) is 14.0. The number of benzene rings is 1. The molecule has 1 aliphatic heterocycles. The molecule has 3 heterocycles. The average Bonchev–Trinajstić information content (AvgIpc) is 2.90. The van der Waals surface area contributed by atoms with Crippen LogP contribution in [-0.2, 0) is 19.5 Å². The Morgan fingerprint density at radius 2 is 2.26 bits per heavy atom. The number of nitrogen functional groups attached to an aromatic ring is 1. The van der Waals surface area contributed by atoms with Crippen molar-refractivity contribution in [3.63, 3.8) is 0 Å². The van der Waals surface area contributed by atoms with Crippen molar-refractivity contribution in [3.05, 3.63) is 57.1 Å². The van der Waals surface area contributed by atoms with Crippen molar-refractivity contribution >= 4 is 16.9 Å². The van der Waals surface area contributed by atoms with E-state index in [0.717, 1.165) is 36.3 Å². The zero-order valence-electron chi connectivity index (χ0n) is 13.0. The van der Waals surface area contributed by atoms with Crippen LogP contribution in [0, 0.1) is 6.92 Å². The van der Waals surface area contributed by atoms with E-state index in [1.165, 1.54) is 16.5 Å². The maximum absolute atomic E-state index is 12.1. The third-order valence-electron chi connectivity index (χ3n) is 4.48. The lowest BCUT2D eigenvalue weighted by Crippen LogP contribution is -2.35. The fourth-order valence-corrected chi connectivity index (χ4v) is 3.31. The van der Waals surface area contributed by atoms with Crippen molar-refractivity contribution in [3.8, 4) is 0 Å². The molecule has 0 atom stereocenters. The van der Waals surface area contributed by atoms with Gasteiger partial charge < -0.3 is 10.7 Å². The molecule has 4 rings (SSSR count). The highest BCUT2D eigenvalue weighted by Gasteiger charge is 2.21. The third-order valence-corrected chi connectivity index (χ3v) is 4.48. The van der Waals surface area contributed by atoms with Gasteiger partial charge in [-0.1, -0.05) is 12.1 Å². The van der Waals surface area contributed by atoms with Gasteiger partial charge in [-0.05, 0) is 24.1 Å². The van der Waals surface area contributed by atoms with Gasteiger partial charge in [-0.25, -0.2) is 4.98 Å². The Kier molecular flexibility index (Phi) is 3.20. The Balaban J connectivity index is 1.61. The summed E-state index contributed by atoms with van der Waals surface area (Å²) in [6.07, 6.45) is 2.82. The molecule has 2 aromatic heterocycles. The average molecular weight is 309 g/mol. The normalized spacial score (nSPS) is 15.0. The summed E-state index contributed by atoms with van der Waals surface area (Å²) in [5.41, 5.74) is 10.7. The summed E-state index contributed by atoms with van der Waals surface area (Å²) >= 11 is 0. The van der Waals surface area contributed by atoms with Crippen molar-refractivity contribution in [1.82, 2.24) is 19.9 Å². The topological polar surface area (TPSA) is 90.8 Å². The Bertz CT molecular complexity index is 940. The number of aryl methyl sites for hydroxylation is 1. The number of aromatic nitrogens is 3. The number of hydrogen-bond acceptors (Lipinski definition) is 4. The van der Waals surface area contributed by atoms with Crippen LogP contribution in [0.3, 0.4) is 0 Å². The first-order valence-corrected chi connectivity index (χ1v) is 7.76. The number of hydrogen-bond donors (Lipinski definition) is 3. The van der Waals surface area contributed by atoms with Crippen LogP contribution < -0.4 is 11.3 Å². The summed E-state index contributed by atoms with van der Waals surface area (Å²) in [4.78, 5) is 24.5. The maximum Gasteiger partial charge on any atom is 0.257 e. The predicted molar refractivity (Wildman–Crippen MR) is 90.1 cm³/mol. The number of nitrogens with two attached hydrogens (primary N) is 1. The molecule has 0 unspecified atom stereocenters. The van der Waals surface area contributed by atoms with Gasteiger partial charge in [-0.15, -0.1) is 0 Å². The highest BCUT2D eigenvalue weighted by Crippen LogP contribution is 2.23. The van der Waals surface area contributed by atoms with Gasteiger partial charge in [0, 0.05) is 43.2 Å². The second-order valence-corrected chi connectivity index (χ2v) is 6.20. The maximum atomic E-state index is 12.1. The molecule has 0 radical (unpaired) electrons. The van der Waals surface area contributed by atoms with Gasteiger partial charge in [0.25, 0.3) is 5.56 Å². The summed E-state index contributed by atoms with van der Waals surface area (Å²) in [5, 5.41) is 1.24. The Hall–Kier alpha value is -2.60. The molecule has 6 heteroatoms. The Morgan fingerprint density at radius 3 is 3.13 bits per heavy atom. The van der Waals surface area contributed by atoms with E-state index in [2.05, 4.69) is 51.2 Å². The van der Waals surface area contributed by atoms with E-state index >= 15 is 0 Å². The smallest absolute Gasteiger partial charge is 0.257 e. The number of H-pyrrole nitrogens is 2. The second-order valence-electron chi connectivity index (χ2n) is 6.20. The lowest BCUT2D eigenvalue weighted by Gasteiger charge is -2.27. The first-order valence-electron chi connectivity index (χ1n) is 7.76. The Labute approximate surface area is 133 Å². The number of fused-ring (bicyclic) bond motifs is 2. The van der Waals surface area contributed by atoms with Gasteiger partial charge >= 0.3 is 0 Å². The lowest BCUT2D eigenvalue weighted by molar-refractivity contribution is 0.243. The number of anilines is 1. The van der Waals surface area contributed by atoms with Crippen molar-refractivity contribution in [2.75, 3.05) is 12.3 Å². The quantitative estimate of drug-likeness (QED) is 0.672. The minimum absolute atomic E-state index is 0.119.